The van der Waals surface area contributed by atoms with Crippen LogP contribution >= 0.6 is 0 Å². The molecule has 0 bridgehead atoms. The summed E-state index contributed by atoms with van der Waals surface area (Å²) in [5, 5.41) is 0. The van der Waals surface area contributed by atoms with Gasteiger partial charge in [0.2, 0.25) is 0 Å². The van der Waals surface area contributed by atoms with Crippen molar-refractivity contribution in [2.24, 2.45) is 5.73 Å². The Bertz CT molecular complexity index is 700. The van der Waals surface area contributed by atoms with Gasteiger partial charge in [0.1, 0.15) is 25.0 Å². The minimum absolute atomic E-state index is 0.0533. The number of esters is 2. The van der Waals surface area contributed by atoms with E-state index >= 15 is 0 Å². The van der Waals surface area contributed by atoms with Gasteiger partial charge in [-0.1, -0.05) is 42.5 Å². The van der Waals surface area contributed by atoms with E-state index < -0.39 is 18.0 Å². The highest BCUT2D eigenvalue weighted by Gasteiger charge is 2.17. The second-order valence-corrected chi connectivity index (χ2v) is 5.75. The molecule has 0 aliphatic carbocycles. The number of nitrogens with two attached hydrogens (primary N) is 1. The van der Waals surface area contributed by atoms with E-state index in [1.54, 1.807) is 19.2 Å². The van der Waals surface area contributed by atoms with E-state index in [4.69, 9.17) is 19.9 Å². The van der Waals surface area contributed by atoms with Crippen LogP contribution < -0.4 is 10.5 Å². The normalized spacial score (nSPS) is 11.5. The average Bonchev–Trinajstić information content (AvgIpc) is 2.69. The average molecular weight is 357 g/mol. The Morgan fingerprint density at radius 3 is 2.19 bits per heavy atom. The molecule has 26 heavy (non-hydrogen) atoms. The number of benzene rings is 2. The van der Waals surface area contributed by atoms with Crippen LogP contribution in [0.1, 0.15) is 24.0 Å². The van der Waals surface area contributed by atoms with Crippen LogP contribution in [0.15, 0.2) is 54.6 Å². The molecule has 2 aromatic rings. The number of ether oxygens (including phenoxy) is 3. The summed E-state index contributed by atoms with van der Waals surface area (Å²) in [4.78, 5) is 23.6. The summed E-state index contributed by atoms with van der Waals surface area (Å²) in [7, 11) is 1.59. The largest absolute Gasteiger partial charge is 0.497 e. The van der Waals surface area contributed by atoms with Crippen molar-refractivity contribution >= 4 is 11.9 Å². The minimum Gasteiger partial charge on any atom is -0.497 e. The van der Waals surface area contributed by atoms with Crippen molar-refractivity contribution in [1.82, 2.24) is 0 Å². The van der Waals surface area contributed by atoms with Gasteiger partial charge in [0, 0.05) is 6.42 Å². The van der Waals surface area contributed by atoms with Gasteiger partial charge in [-0.15, -0.1) is 0 Å². The van der Waals surface area contributed by atoms with Crippen molar-refractivity contribution in [3.63, 3.8) is 0 Å². The molecule has 2 aromatic carbocycles. The molecule has 0 saturated carbocycles. The fourth-order valence-corrected chi connectivity index (χ4v) is 2.18. The molecule has 0 fully saturated rings. The fourth-order valence-electron chi connectivity index (χ4n) is 2.18. The monoisotopic (exact) mass is 357 g/mol. The Kier molecular flexibility index (Phi) is 7.64. The lowest BCUT2D eigenvalue weighted by molar-refractivity contribution is -0.148. The van der Waals surface area contributed by atoms with Gasteiger partial charge in [-0.25, -0.2) is 0 Å². The first-order valence-corrected chi connectivity index (χ1v) is 8.33. The lowest BCUT2D eigenvalue weighted by Gasteiger charge is -2.11. The molecule has 0 aliphatic heterocycles. The minimum atomic E-state index is -0.854. The van der Waals surface area contributed by atoms with Crippen LogP contribution in [0, 0.1) is 0 Å². The van der Waals surface area contributed by atoms with Crippen LogP contribution in [0.4, 0.5) is 0 Å². The number of hydrogen-bond acceptors (Lipinski definition) is 6. The van der Waals surface area contributed by atoms with Gasteiger partial charge in [-0.05, 0) is 29.7 Å². The van der Waals surface area contributed by atoms with Crippen molar-refractivity contribution in [3.05, 3.63) is 65.7 Å². The predicted molar refractivity (Wildman–Crippen MR) is 96.2 cm³/mol. The van der Waals surface area contributed by atoms with Gasteiger partial charge in [0.25, 0.3) is 0 Å². The van der Waals surface area contributed by atoms with Crippen molar-refractivity contribution in [3.8, 4) is 5.75 Å². The van der Waals surface area contributed by atoms with Gasteiger partial charge >= 0.3 is 11.9 Å². The SMILES string of the molecule is COc1ccc(COC(=O)CCC(N)C(=O)OCc2ccccc2)cc1. The molecule has 1 atom stereocenters. The van der Waals surface area contributed by atoms with E-state index in [0.29, 0.717) is 0 Å². The number of rotatable bonds is 9. The van der Waals surface area contributed by atoms with E-state index in [9.17, 15) is 9.59 Å². The van der Waals surface area contributed by atoms with Crippen molar-refractivity contribution in [2.75, 3.05) is 7.11 Å². The van der Waals surface area contributed by atoms with Crippen LogP contribution in [-0.2, 0) is 32.3 Å². The van der Waals surface area contributed by atoms with Crippen molar-refractivity contribution in [2.45, 2.75) is 32.1 Å². The summed E-state index contributed by atoms with van der Waals surface area (Å²) < 4.78 is 15.4. The van der Waals surface area contributed by atoms with Gasteiger partial charge in [-0.3, -0.25) is 9.59 Å². The molecule has 0 aromatic heterocycles. The molecular weight excluding hydrogens is 334 g/mol. The number of hydrogen-bond donors (Lipinski definition) is 1. The smallest absolute Gasteiger partial charge is 0.323 e. The molecule has 0 saturated heterocycles. The maximum absolute atomic E-state index is 11.9. The first kappa shape index (κ1) is 19.5. The highest BCUT2D eigenvalue weighted by Crippen LogP contribution is 2.12. The molecule has 2 N–H and O–H groups in total. The van der Waals surface area contributed by atoms with Crippen LogP contribution in [-0.4, -0.2) is 25.1 Å². The summed E-state index contributed by atoms with van der Waals surface area (Å²) in [6.07, 6.45) is 0.229. The Balaban J connectivity index is 1.66. The lowest BCUT2D eigenvalue weighted by atomic mass is 10.1. The van der Waals surface area contributed by atoms with E-state index in [-0.39, 0.29) is 26.1 Å². The third kappa shape index (κ3) is 6.57. The molecule has 6 nitrogen and oxygen atoms in total. The van der Waals surface area contributed by atoms with Crippen LogP contribution in [0.3, 0.4) is 0 Å². The van der Waals surface area contributed by atoms with E-state index in [0.717, 1.165) is 16.9 Å². The molecule has 138 valence electrons. The quantitative estimate of drug-likeness (QED) is 0.694. The van der Waals surface area contributed by atoms with Crippen LogP contribution in [0.25, 0.3) is 0 Å². The Morgan fingerprint density at radius 2 is 1.54 bits per heavy atom. The van der Waals surface area contributed by atoms with E-state index in [2.05, 4.69) is 0 Å². The summed E-state index contributed by atoms with van der Waals surface area (Å²) in [5.74, 6) is -0.205. The van der Waals surface area contributed by atoms with Crippen molar-refractivity contribution < 1.29 is 23.8 Å². The summed E-state index contributed by atoms with van der Waals surface area (Å²) in [6, 6.07) is 15.7. The summed E-state index contributed by atoms with van der Waals surface area (Å²) in [6.45, 7) is 0.325. The van der Waals surface area contributed by atoms with Gasteiger partial charge in [-0.2, -0.15) is 0 Å². The molecule has 6 heteroatoms. The fraction of sp³-hybridized carbons (Fsp3) is 0.300. The predicted octanol–water partition coefficient (Wildman–Crippen LogP) is 2.59. The molecule has 0 radical (unpaired) electrons. The van der Waals surface area contributed by atoms with Gasteiger partial charge < -0.3 is 19.9 Å². The zero-order chi connectivity index (χ0) is 18.8. The summed E-state index contributed by atoms with van der Waals surface area (Å²) in [5.41, 5.74) is 7.51. The zero-order valence-corrected chi connectivity index (χ0v) is 14.7. The second-order valence-electron chi connectivity index (χ2n) is 5.75. The molecule has 2 rings (SSSR count). The highest BCUT2D eigenvalue weighted by molar-refractivity contribution is 5.77. The highest BCUT2D eigenvalue weighted by atomic mass is 16.5. The summed E-state index contributed by atoms with van der Waals surface area (Å²) >= 11 is 0. The molecule has 0 heterocycles. The van der Waals surface area contributed by atoms with E-state index in [1.165, 1.54) is 0 Å². The number of carbonyl (C=O) groups excluding carboxylic acids is 2. The maximum Gasteiger partial charge on any atom is 0.323 e. The number of carbonyl (C=O) groups is 2. The molecular formula is C20H23NO5. The molecule has 0 aliphatic rings. The third-order valence-corrected chi connectivity index (χ3v) is 3.75. The number of methoxy groups -OCH3 is 1. The Labute approximate surface area is 152 Å². The Hall–Kier alpha value is -2.86. The van der Waals surface area contributed by atoms with Crippen LogP contribution in [0.2, 0.25) is 0 Å². The topological polar surface area (TPSA) is 87.9 Å². The molecule has 0 amide bonds. The first-order valence-electron chi connectivity index (χ1n) is 8.33. The Morgan fingerprint density at radius 1 is 0.923 bits per heavy atom. The zero-order valence-electron chi connectivity index (χ0n) is 14.7. The van der Waals surface area contributed by atoms with Gasteiger partial charge in [0.15, 0.2) is 0 Å². The standard InChI is InChI=1S/C20H23NO5/c1-24-17-9-7-16(8-10-17)13-25-19(22)12-11-18(21)20(23)26-14-15-5-3-2-4-6-15/h2-10,18H,11-14,21H2,1H3. The van der Waals surface area contributed by atoms with Gasteiger partial charge in [0.05, 0.1) is 7.11 Å². The van der Waals surface area contributed by atoms with Crippen molar-refractivity contribution in [1.29, 1.82) is 0 Å². The third-order valence-electron chi connectivity index (χ3n) is 3.75. The lowest BCUT2D eigenvalue weighted by Crippen LogP contribution is -2.32. The maximum atomic E-state index is 11.9. The van der Waals surface area contributed by atoms with E-state index in [1.807, 2.05) is 42.5 Å². The second kappa shape index (κ2) is 10.2. The molecule has 1 unspecified atom stereocenters. The van der Waals surface area contributed by atoms with Crippen LogP contribution in [0.5, 0.6) is 5.75 Å². The first-order chi connectivity index (χ1) is 12.6. The molecule has 0 spiro atoms.